The lowest BCUT2D eigenvalue weighted by Crippen LogP contribution is -2.05. The molecule has 13 heavy (non-hydrogen) atoms. The summed E-state index contributed by atoms with van der Waals surface area (Å²) in [5, 5.41) is 2.76. The van der Waals surface area contributed by atoms with Gasteiger partial charge in [-0.3, -0.25) is 4.79 Å². The van der Waals surface area contributed by atoms with Crippen molar-refractivity contribution in [2.24, 2.45) is 0 Å². The first-order valence-corrected chi connectivity index (χ1v) is 6.04. The predicted molar refractivity (Wildman–Crippen MR) is 65.2 cm³/mol. The number of carbonyl (C=O) groups is 1. The van der Waals surface area contributed by atoms with Crippen molar-refractivity contribution < 1.29 is 4.79 Å². The molecule has 0 aromatic heterocycles. The van der Waals surface area contributed by atoms with E-state index in [0.29, 0.717) is 0 Å². The number of halogens is 1. The van der Waals surface area contributed by atoms with E-state index in [2.05, 4.69) is 34.0 Å². The van der Waals surface area contributed by atoms with Crippen LogP contribution in [0.1, 0.15) is 6.92 Å². The molecule has 0 spiro atoms. The van der Waals surface area contributed by atoms with Crippen LogP contribution in [0.5, 0.6) is 0 Å². The average molecular weight is 307 g/mol. The smallest absolute Gasteiger partial charge is 0.221 e. The van der Waals surface area contributed by atoms with Crippen molar-refractivity contribution in [1.29, 1.82) is 0 Å². The quantitative estimate of drug-likeness (QED) is 0.672. The molecule has 1 amide bonds. The van der Waals surface area contributed by atoms with Crippen molar-refractivity contribution >= 4 is 45.9 Å². The van der Waals surface area contributed by atoms with Crippen LogP contribution in [-0.2, 0) is 4.79 Å². The molecule has 0 unspecified atom stereocenters. The number of hydrogen-bond acceptors (Lipinski definition) is 2. The summed E-state index contributed by atoms with van der Waals surface area (Å²) in [6.45, 7) is 1.51. The van der Waals surface area contributed by atoms with Crippen molar-refractivity contribution in [3.05, 3.63) is 21.8 Å². The number of amides is 1. The summed E-state index contributed by atoms with van der Waals surface area (Å²) in [6, 6.07) is 5.99. The third kappa shape index (κ3) is 3.56. The van der Waals surface area contributed by atoms with E-state index in [0.717, 1.165) is 14.2 Å². The first kappa shape index (κ1) is 10.8. The molecule has 0 saturated carbocycles. The summed E-state index contributed by atoms with van der Waals surface area (Å²) >= 11 is 3.90. The average Bonchev–Trinajstić information content (AvgIpc) is 2.01. The molecule has 0 saturated heterocycles. The number of nitrogens with one attached hydrogen (secondary N) is 1. The van der Waals surface area contributed by atoms with Crippen LogP contribution in [0.3, 0.4) is 0 Å². The molecule has 70 valence electrons. The highest BCUT2D eigenvalue weighted by Gasteiger charge is 1.99. The van der Waals surface area contributed by atoms with E-state index in [1.807, 2.05) is 18.4 Å². The summed E-state index contributed by atoms with van der Waals surface area (Å²) in [7, 11) is 0. The fourth-order valence-electron chi connectivity index (χ4n) is 0.956. The van der Waals surface area contributed by atoms with Gasteiger partial charge in [0.15, 0.2) is 0 Å². The zero-order chi connectivity index (χ0) is 9.84. The summed E-state index contributed by atoms with van der Waals surface area (Å²) in [5.41, 5.74) is 0.865. The Labute approximate surface area is 95.6 Å². The van der Waals surface area contributed by atoms with E-state index < -0.39 is 0 Å². The second kappa shape index (κ2) is 4.85. The third-order valence-electron chi connectivity index (χ3n) is 1.43. The number of hydrogen-bond donors (Lipinski definition) is 1. The second-order valence-corrected chi connectivity index (χ2v) is 4.69. The maximum Gasteiger partial charge on any atom is 0.221 e. The maximum absolute atomic E-state index is 10.8. The lowest BCUT2D eigenvalue weighted by Gasteiger charge is -2.04. The zero-order valence-corrected chi connectivity index (χ0v) is 10.4. The van der Waals surface area contributed by atoms with E-state index in [-0.39, 0.29) is 5.91 Å². The Morgan fingerprint density at radius 1 is 1.46 bits per heavy atom. The fourth-order valence-corrected chi connectivity index (χ4v) is 2.33. The van der Waals surface area contributed by atoms with Crippen molar-refractivity contribution in [1.82, 2.24) is 0 Å². The molecule has 0 fully saturated rings. The van der Waals surface area contributed by atoms with Crippen LogP contribution in [0.25, 0.3) is 0 Å². The molecule has 1 N–H and O–H groups in total. The predicted octanol–water partition coefficient (Wildman–Crippen LogP) is 2.97. The third-order valence-corrected chi connectivity index (χ3v) is 2.76. The van der Waals surface area contributed by atoms with Crippen molar-refractivity contribution in [2.45, 2.75) is 11.8 Å². The van der Waals surface area contributed by atoms with Gasteiger partial charge < -0.3 is 5.32 Å². The number of anilines is 1. The van der Waals surface area contributed by atoms with E-state index >= 15 is 0 Å². The van der Waals surface area contributed by atoms with Crippen LogP contribution in [0.15, 0.2) is 23.1 Å². The van der Waals surface area contributed by atoms with Gasteiger partial charge in [0.25, 0.3) is 0 Å². The monoisotopic (exact) mass is 307 g/mol. The number of thioether (sulfide) groups is 1. The lowest BCUT2D eigenvalue weighted by molar-refractivity contribution is -0.114. The lowest BCUT2D eigenvalue weighted by atomic mass is 10.3. The van der Waals surface area contributed by atoms with Crippen LogP contribution in [0.2, 0.25) is 0 Å². The molecule has 0 aliphatic rings. The molecule has 0 bridgehead atoms. The van der Waals surface area contributed by atoms with Gasteiger partial charge in [-0.05, 0) is 47.0 Å². The van der Waals surface area contributed by atoms with Crippen molar-refractivity contribution in [2.75, 3.05) is 11.6 Å². The Hall–Kier alpha value is -0.230. The number of rotatable bonds is 2. The molecule has 1 aromatic rings. The highest BCUT2D eigenvalue weighted by atomic mass is 127. The van der Waals surface area contributed by atoms with Gasteiger partial charge in [-0.2, -0.15) is 0 Å². The van der Waals surface area contributed by atoms with Crippen molar-refractivity contribution in [3.8, 4) is 0 Å². The van der Waals surface area contributed by atoms with Crippen LogP contribution in [0.4, 0.5) is 5.69 Å². The molecule has 2 nitrogen and oxygen atoms in total. The minimum Gasteiger partial charge on any atom is -0.326 e. The standard InChI is InChI=1S/C9H10INOS/c1-6(12)11-8-3-7(10)4-9(5-8)13-2/h3-5H,1-2H3,(H,11,12). The van der Waals surface area contributed by atoms with E-state index in [4.69, 9.17) is 0 Å². The zero-order valence-electron chi connectivity index (χ0n) is 7.43. The molecule has 0 aliphatic carbocycles. The highest BCUT2D eigenvalue weighted by molar-refractivity contribution is 14.1. The van der Waals surface area contributed by atoms with Gasteiger partial charge in [0, 0.05) is 21.1 Å². The molecule has 0 atom stereocenters. The van der Waals surface area contributed by atoms with Crippen LogP contribution in [0, 0.1) is 3.57 Å². The molecular weight excluding hydrogens is 297 g/mol. The van der Waals surface area contributed by atoms with Gasteiger partial charge in [0.1, 0.15) is 0 Å². The Balaban J connectivity index is 2.94. The largest absolute Gasteiger partial charge is 0.326 e. The minimum atomic E-state index is -0.0333. The van der Waals surface area contributed by atoms with Gasteiger partial charge in [-0.25, -0.2) is 0 Å². The van der Waals surface area contributed by atoms with Gasteiger partial charge in [-0.1, -0.05) is 0 Å². The van der Waals surface area contributed by atoms with E-state index in [1.165, 1.54) is 6.92 Å². The Morgan fingerprint density at radius 3 is 2.69 bits per heavy atom. The first-order valence-electron chi connectivity index (χ1n) is 3.74. The first-order chi connectivity index (χ1) is 6.11. The van der Waals surface area contributed by atoms with E-state index in [1.54, 1.807) is 11.8 Å². The Bertz CT molecular complexity index is 327. The summed E-state index contributed by atoms with van der Waals surface area (Å²) < 4.78 is 1.13. The van der Waals surface area contributed by atoms with Gasteiger partial charge >= 0.3 is 0 Å². The van der Waals surface area contributed by atoms with Crippen LogP contribution >= 0.6 is 34.4 Å². The van der Waals surface area contributed by atoms with Crippen LogP contribution < -0.4 is 5.32 Å². The van der Waals surface area contributed by atoms with Gasteiger partial charge in [0.2, 0.25) is 5.91 Å². The Kier molecular flexibility index (Phi) is 4.05. The number of benzene rings is 1. The molecular formula is C9H10INOS. The van der Waals surface area contributed by atoms with Crippen LogP contribution in [-0.4, -0.2) is 12.2 Å². The maximum atomic E-state index is 10.8. The molecule has 0 radical (unpaired) electrons. The molecule has 1 rings (SSSR count). The van der Waals surface area contributed by atoms with Crippen molar-refractivity contribution in [3.63, 3.8) is 0 Å². The highest BCUT2D eigenvalue weighted by Crippen LogP contribution is 2.23. The molecule has 0 aliphatic heterocycles. The minimum absolute atomic E-state index is 0.0333. The normalized spacial score (nSPS) is 9.77. The summed E-state index contributed by atoms with van der Waals surface area (Å²) in [6.07, 6.45) is 2.02. The van der Waals surface area contributed by atoms with Gasteiger partial charge in [-0.15, -0.1) is 11.8 Å². The molecule has 4 heteroatoms. The van der Waals surface area contributed by atoms with Gasteiger partial charge in [0.05, 0.1) is 0 Å². The topological polar surface area (TPSA) is 29.1 Å². The number of carbonyl (C=O) groups excluding carboxylic acids is 1. The van der Waals surface area contributed by atoms with E-state index in [9.17, 15) is 4.79 Å². The molecule has 1 aromatic carbocycles. The molecule has 0 heterocycles. The SMILES string of the molecule is CSc1cc(I)cc(NC(C)=O)c1. The fraction of sp³-hybridized carbons (Fsp3) is 0.222. The summed E-state index contributed by atoms with van der Waals surface area (Å²) in [4.78, 5) is 12.0. The summed E-state index contributed by atoms with van der Waals surface area (Å²) in [5.74, 6) is -0.0333. The second-order valence-electron chi connectivity index (χ2n) is 2.56. The Morgan fingerprint density at radius 2 is 2.15 bits per heavy atom.